The summed E-state index contributed by atoms with van der Waals surface area (Å²) in [4.78, 5) is 64.8. The Morgan fingerprint density at radius 3 is 2.39 bits per heavy atom. The van der Waals surface area contributed by atoms with Gasteiger partial charge in [-0.25, -0.2) is 4.79 Å². The van der Waals surface area contributed by atoms with Crippen LogP contribution in [0.1, 0.15) is 50.8 Å². The minimum Gasteiger partial charge on any atom is -0.456 e. The first-order chi connectivity index (χ1) is 20.9. The van der Waals surface area contributed by atoms with E-state index in [0.29, 0.717) is 51.7 Å². The summed E-state index contributed by atoms with van der Waals surface area (Å²) in [5, 5.41) is 11.0. The quantitative estimate of drug-likeness (QED) is 0.0602. The van der Waals surface area contributed by atoms with Crippen molar-refractivity contribution in [2.24, 2.45) is 5.92 Å². The van der Waals surface area contributed by atoms with E-state index in [0.717, 1.165) is 0 Å². The van der Waals surface area contributed by atoms with Crippen LogP contribution < -0.4 is 0 Å². The fraction of sp³-hybridized carbons (Fsp3) is 0.273. The van der Waals surface area contributed by atoms with Gasteiger partial charge in [-0.2, -0.15) is 0 Å². The number of β-lactam (4-membered cyclic amide) rings is 1. The summed E-state index contributed by atoms with van der Waals surface area (Å²) in [6.07, 6.45) is 0.618. The van der Waals surface area contributed by atoms with E-state index in [9.17, 15) is 29.3 Å². The molecule has 3 aliphatic rings. The number of hydrogen-bond acceptors (Lipinski definition) is 8. The molecule has 0 unspecified atom stereocenters. The van der Waals surface area contributed by atoms with E-state index in [1.54, 1.807) is 24.3 Å². The number of ether oxygens (including phenoxy) is 1. The molecular weight excluding hydrogens is 580 g/mol. The predicted octanol–water partition coefficient (Wildman–Crippen LogP) is 5.54. The first kappa shape index (κ1) is 29.3. The average molecular weight is 611 g/mol. The second kappa shape index (κ2) is 10.8. The van der Waals surface area contributed by atoms with E-state index >= 15 is 0 Å². The van der Waals surface area contributed by atoms with Crippen LogP contribution >= 0.6 is 0 Å². The normalized spacial score (nSPS) is 19.2. The van der Waals surface area contributed by atoms with Crippen LogP contribution in [0.5, 0.6) is 0 Å². The standard InChI is InChI=1S/C33H30N2O8Si/c1-18(43-44(2,3)4)28-27-15-25(20-13-21(16-36)29-26(14-20)23-7-5-6-8-24(23)31(29)37)30(34(27)32(28)38)33(39)42-17-19-9-11-22(12-10-19)35(40)41/h5-14,16,18,27-28H,15,17H2,1-4H3/t18-,27-,28-/m1/s1. The Balaban J connectivity index is 1.39. The molecule has 3 aromatic rings. The average Bonchev–Trinajstić information content (AvgIpc) is 3.47. The van der Waals surface area contributed by atoms with Crippen molar-refractivity contribution in [2.45, 2.75) is 51.7 Å². The number of esters is 1. The zero-order valence-electron chi connectivity index (χ0n) is 24.7. The van der Waals surface area contributed by atoms with Crippen LogP contribution in [-0.2, 0) is 25.4 Å². The van der Waals surface area contributed by atoms with Crippen LogP contribution in [0.25, 0.3) is 16.7 Å². The van der Waals surface area contributed by atoms with Crippen molar-refractivity contribution in [3.8, 4) is 11.1 Å². The number of benzene rings is 3. The van der Waals surface area contributed by atoms with Gasteiger partial charge in [0, 0.05) is 28.8 Å². The summed E-state index contributed by atoms with van der Waals surface area (Å²) in [6, 6.07) is 15.9. The van der Waals surface area contributed by atoms with Gasteiger partial charge in [0.05, 0.1) is 23.0 Å². The number of carbonyl (C=O) groups is 4. The van der Waals surface area contributed by atoms with Gasteiger partial charge in [0.15, 0.2) is 20.4 Å². The number of aldehydes is 1. The Bertz CT molecular complexity index is 1790. The van der Waals surface area contributed by atoms with E-state index in [-0.39, 0.29) is 47.4 Å². The number of rotatable bonds is 9. The van der Waals surface area contributed by atoms with Gasteiger partial charge in [0.1, 0.15) is 12.3 Å². The van der Waals surface area contributed by atoms with Crippen LogP contribution in [0, 0.1) is 16.0 Å². The van der Waals surface area contributed by atoms with Gasteiger partial charge in [-0.15, -0.1) is 0 Å². The summed E-state index contributed by atoms with van der Waals surface area (Å²) in [5.74, 6) is -1.66. The topological polar surface area (TPSA) is 133 Å². The van der Waals surface area contributed by atoms with Crippen molar-refractivity contribution in [3.05, 3.63) is 104 Å². The number of ketones is 1. The second-order valence-electron chi connectivity index (χ2n) is 12.2. The number of nitrogens with zero attached hydrogens (tertiary/aromatic N) is 2. The third-order valence-electron chi connectivity index (χ3n) is 8.30. The highest BCUT2D eigenvalue weighted by atomic mass is 28.4. The summed E-state index contributed by atoms with van der Waals surface area (Å²) < 4.78 is 11.9. The van der Waals surface area contributed by atoms with Crippen LogP contribution in [0.2, 0.25) is 19.6 Å². The monoisotopic (exact) mass is 610 g/mol. The molecule has 44 heavy (non-hydrogen) atoms. The predicted molar refractivity (Wildman–Crippen MR) is 163 cm³/mol. The van der Waals surface area contributed by atoms with Gasteiger partial charge < -0.3 is 14.1 Å². The lowest BCUT2D eigenvalue weighted by Gasteiger charge is -2.47. The van der Waals surface area contributed by atoms with Gasteiger partial charge in [0.25, 0.3) is 5.69 Å². The van der Waals surface area contributed by atoms with Crippen molar-refractivity contribution in [3.63, 3.8) is 0 Å². The Morgan fingerprint density at radius 1 is 1.07 bits per heavy atom. The Morgan fingerprint density at radius 2 is 1.75 bits per heavy atom. The molecule has 0 spiro atoms. The zero-order chi connectivity index (χ0) is 31.5. The Labute approximate surface area is 254 Å². The molecule has 1 amide bonds. The summed E-state index contributed by atoms with van der Waals surface area (Å²) >= 11 is 0. The first-order valence-corrected chi connectivity index (χ1v) is 17.7. The molecule has 3 atom stereocenters. The molecule has 1 saturated heterocycles. The van der Waals surface area contributed by atoms with Crippen LogP contribution in [0.3, 0.4) is 0 Å². The number of non-ortho nitro benzene ring substituents is 1. The van der Waals surface area contributed by atoms with Gasteiger partial charge in [-0.1, -0.05) is 24.3 Å². The highest BCUT2D eigenvalue weighted by molar-refractivity contribution is 6.69. The summed E-state index contributed by atoms with van der Waals surface area (Å²) in [5.41, 5.74) is 3.98. The number of carbonyl (C=O) groups excluding carboxylic acids is 4. The van der Waals surface area contributed by atoms with E-state index in [1.165, 1.54) is 29.2 Å². The number of fused-ring (bicyclic) bond motifs is 4. The maximum absolute atomic E-state index is 13.7. The number of hydrogen-bond donors (Lipinski definition) is 0. The smallest absolute Gasteiger partial charge is 0.355 e. The lowest BCUT2D eigenvalue weighted by Crippen LogP contribution is -2.63. The molecule has 10 nitrogen and oxygen atoms in total. The van der Waals surface area contributed by atoms with E-state index in [1.807, 2.05) is 38.7 Å². The zero-order valence-corrected chi connectivity index (χ0v) is 25.7. The molecule has 0 bridgehead atoms. The van der Waals surface area contributed by atoms with Gasteiger partial charge in [-0.3, -0.25) is 24.5 Å². The second-order valence-corrected chi connectivity index (χ2v) is 16.7. The molecular formula is C33H30N2O8Si. The lowest BCUT2D eigenvalue weighted by atomic mass is 9.82. The molecule has 0 radical (unpaired) electrons. The van der Waals surface area contributed by atoms with Crippen LogP contribution in [0.4, 0.5) is 5.69 Å². The molecule has 224 valence electrons. The number of nitro groups is 1. The van der Waals surface area contributed by atoms with Crippen molar-refractivity contribution in [2.75, 3.05) is 0 Å². The lowest BCUT2D eigenvalue weighted by molar-refractivity contribution is -0.384. The van der Waals surface area contributed by atoms with E-state index < -0.39 is 25.1 Å². The maximum atomic E-state index is 13.7. The third-order valence-corrected chi connectivity index (χ3v) is 9.38. The largest absolute Gasteiger partial charge is 0.456 e. The highest BCUT2D eigenvalue weighted by Crippen LogP contribution is 2.49. The fourth-order valence-corrected chi connectivity index (χ4v) is 7.77. The molecule has 0 saturated carbocycles. The Hall–Kier alpha value is -4.74. The summed E-state index contributed by atoms with van der Waals surface area (Å²) in [7, 11) is -1.97. The van der Waals surface area contributed by atoms with Gasteiger partial charge in [-0.05, 0) is 85.1 Å². The first-order valence-electron chi connectivity index (χ1n) is 14.3. The Kier molecular flexibility index (Phi) is 7.17. The molecule has 0 aromatic heterocycles. The molecule has 0 N–H and O–H groups in total. The van der Waals surface area contributed by atoms with Crippen molar-refractivity contribution >= 4 is 43.5 Å². The van der Waals surface area contributed by atoms with E-state index in [2.05, 4.69) is 0 Å². The fourth-order valence-electron chi connectivity index (χ4n) is 6.51. The van der Waals surface area contributed by atoms with Crippen LogP contribution in [0.15, 0.2) is 66.4 Å². The van der Waals surface area contributed by atoms with Crippen molar-refractivity contribution in [1.29, 1.82) is 0 Å². The molecule has 2 heterocycles. The minimum atomic E-state index is -1.97. The molecule has 3 aromatic carbocycles. The molecule has 1 aliphatic carbocycles. The molecule has 11 heteroatoms. The third kappa shape index (κ3) is 4.87. The van der Waals surface area contributed by atoms with Crippen molar-refractivity contribution < 1.29 is 33.3 Å². The highest BCUT2D eigenvalue weighted by Gasteiger charge is 2.58. The number of nitro benzene ring substituents is 1. The molecule has 1 fully saturated rings. The SMILES string of the molecule is C[C@@H](O[Si](C)(C)C)[C@H]1C(=O)N2C(C(=O)OCc3ccc([N+](=O)[O-])cc3)=C(c3cc(C=O)c4c(c3)-c3ccccc3C4=O)C[C@H]12. The maximum Gasteiger partial charge on any atom is 0.355 e. The van der Waals surface area contributed by atoms with Crippen LogP contribution in [-0.4, -0.2) is 54.2 Å². The van der Waals surface area contributed by atoms with Crippen molar-refractivity contribution in [1.82, 2.24) is 4.90 Å². The molecule has 2 aliphatic heterocycles. The van der Waals surface area contributed by atoms with E-state index in [4.69, 9.17) is 9.16 Å². The summed E-state index contributed by atoms with van der Waals surface area (Å²) in [6.45, 7) is 7.87. The van der Waals surface area contributed by atoms with Gasteiger partial charge >= 0.3 is 5.97 Å². The number of amides is 1. The minimum absolute atomic E-state index is 0.0850. The van der Waals surface area contributed by atoms with Gasteiger partial charge in [0.2, 0.25) is 5.91 Å². The molecule has 6 rings (SSSR count).